The molecule has 0 radical (unpaired) electrons. The molecule has 1 aliphatic heterocycles. The van der Waals surface area contributed by atoms with Crippen LogP contribution in [0.5, 0.6) is 0 Å². The molecule has 1 N–H and O–H groups in total. The maximum Gasteiger partial charge on any atom is 0.0630 e. The topological polar surface area (TPSA) is 27.7 Å². The van der Waals surface area contributed by atoms with Crippen molar-refractivity contribution < 1.29 is 4.74 Å². The molecule has 0 aliphatic carbocycles. The molecule has 18 heavy (non-hydrogen) atoms. The standard InChI is InChI=1S/C14H31N3O/c1-12(2)15-8-14(11-18-5)17(4)10-13-6-7-16(3)9-13/h12-15H,6-11H2,1-5H3. The van der Waals surface area contributed by atoms with Gasteiger partial charge in [0.25, 0.3) is 0 Å². The molecule has 108 valence electrons. The van der Waals surface area contributed by atoms with Crippen LogP contribution in [0.3, 0.4) is 0 Å². The summed E-state index contributed by atoms with van der Waals surface area (Å²) in [7, 11) is 6.23. The highest BCUT2D eigenvalue weighted by Gasteiger charge is 2.23. The van der Waals surface area contributed by atoms with Crippen LogP contribution in [0.2, 0.25) is 0 Å². The van der Waals surface area contributed by atoms with Crippen molar-refractivity contribution in [1.29, 1.82) is 0 Å². The number of hydrogen-bond acceptors (Lipinski definition) is 4. The zero-order valence-electron chi connectivity index (χ0n) is 12.8. The fourth-order valence-corrected chi connectivity index (χ4v) is 2.64. The van der Waals surface area contributed by atoms with Gasteiger partial charge >= 0.3 is 0 Å². The normalized spacial score (nSPS) is 23.2. The Morgan fingerprint density at radius 3 is 2.67 bits per heavy atom. The molecule has 0 aromatic heterocycles. The number of hydrogen-bond donors (Lipinski definition) is 1. The number of nitrogens with one attached hydrogen (secondary N) is 1. The van der Waals surface area contributed by atoms with Crippen LogP contribution in [0.1, 0.15) is 20.3 Å². The number of likely N-dealkylation sites (N-methyl/N-ethyl adjacent to an activating group) is 1. The van der Waals surface area contributed by atoms with Gasteiger partial charge in [-0.1, -0.05) is 13.8 Å². The van der Waals surface area contributed by atoms with Crippen molar-refractivity contribution in [1.82, 2.24) is 15.1 Å². The first-order valence-corrected chi connectivity index (χ1v) is 7.14. The average molecular weight is 257 g/mol. The minimum Gasteiger partial charge on any atom is -0.383 e. The fourth-order valence-electron chi connectivity index (χ4n) is 2.64. The lowest BCUT2D eigenvalue weighted by atomic mass is 10.1. The lowest BCUT2D eigenvalue weighted by Crippen LogP contribution is -2.46. The zero-order valence-corrected chi connectivity index (χ0v) is 12.8. The van der Waals surface area contributed by atoms with E-state index in [9.17, 15) is 0 Å². The number of ether oxygens (including phenoxy) is 1. The van der Waals surface area contributed by atoms with Crippen molar-refractivity contribution in [2.24, 2.45) is 5.92 Å². The van der Waals surface area contributed by atoms with E-state index in [0.717, 1.165) is 19.1 Å². The molecule has 0 saturated carbocycles. The minimum absolute atomic E-state index is 0.475. The molecule has 0 spiro atoms. The van der Waals surface area contributed by atoms with E-state index < -0.39 is 0 Å². The third-order valence-electron chi connectivity index (χ3n) is 3.78. The van der Waals surface area contributed by atoms with E-state index in [-0.39, 0.29) is 0 Å². The molecule has 4 nitrogen and oxygen atoms in total. The summed E-state index contributed by atoms with van der Waals surface area (Å²) in [5.41, 5.74) is 0. The van der Waals surface area contributed by atoms with Crippen LogP contribution in [-0.4, -0.2) is 75.9 Å². The van der Waals surface area contributed by atoms with E-state index >= 15 is 0 Å². The van der Waals surface area contributed by atoms with Gasteiger partial charge in [-0.25, -0.2) is 0 Å². The van der Waals surface area contributed by atoms with E-state index in [0.29, 0.717) is 12.1 Å². The molecule has 0 bridgehead atoms. The highest BCUT2D eigenvalue weighted by molar-refractivity contribution is 4.79. The molecule has 0 aromatic carbocycles. The highest BCUT2D eigenvalue weighted by Crippen LogP contribution is 2.16. The Hall–Kier alpha value is -0.160. The monoisotopic (exact) mass is 257 g/mol. The fraction of sp³-hybridized carbons (Fsp3) is 1.00. The van der Waals surface area contributed by atoms with Crippen molar-refractivity contribution in [3.05, 3.63) is 0 Å². The zero-order chi connectivity index (χ0) is 13.5. The predicted molar refractivity (Wildman–Crippen MR) is 77.0 cm³/mol. The van der Waals surface area contributed by atoms with Crippen LogP contribution in [0, 0.1) is 5.92 Å². The summed E-state index contributed by atoms with van der Waals surface area (Å²) in [4.78, 5) is 4.89. The number of rotatable bonds is 8. The van der Waals surface area contributed by atoms with Crippen LogP contribution in [0.15, 0.2) is 0 Å². The first kappa shape index (κ1) is 15.9. The van der Waals surface area contributed by atoms with Crippen molar-refractivity contribution in [3.63, 3.8) is 0 Å². The van der Waals surface area contributed by atoms with E-state index in [1.807, 2.05) is 0 Å². The van der Waals surface area contributed by atoms with Gasteiger partial charge in [0.1, 0.15) is 0 Å². The molecule has 1 fully saturated rings. The maximum atomic E-state index is 5.35. The van der Waals surface area contributed by atoms with Crippen LogP contribution >= 0.6 is 0 Å². The lowest BCUT2D eigenvalue weighted by Gasteiger charge is -2.30. The third kappa shape index (κ3) is 5.65. The Labute approximate surface area is 113 Å². The van der Waals surface area contributed by atoms with Crippen molar-refractivity contribution in [2.75, 3.05) is 54.0 Å². The predicted octanol–water partition coefficient (Wildman–Crippen LogP) is 0.883. The maximum absolute atomic E-state index is 5.35. The molecule has 2 atom stereocenters. The van der Waals surface area contributed by atoms with Crippen LogP contribution in [-0.2, 0) is 4.74 Å². The summed E-state index contributed by atoms with van der Waals surface area (Å²) >= 11 is 0. The Morgan fingerprint density at radius 1 is 1.44 bits per heavy atom. The van der Waals surface area contributed by atoms with Gasteiger partial charge < -0.3 is 15.0 Å². The van der Waals surface area contributed by atoms with Crippen LogP contribution < -0.4 is 5.32 Å². The van der Waals surface area contributed by atoms with E-state index in [1.165, 1.54) is 26.1 Å². The highest BCUT2D eigenvalue weighted by atomic mass is 16.5. The summed E-state index contributed by atoms with van der Waals surface area (Å²) in [6, 6.07) is 1.01. The Morgan fingerprint density at radius 2 is 2.17 bits per heavy atom. The SMILES string of the molecule is COCC(CNC(C)C)N(C)CC1CCN(C)C1. The summed E-state index contributed by atoms with van der Waals surface area (Å²) < 4.78 is 5.35. The second kappa shape index (κ2) is 8.10. The minimum atomic E-state index is 0.475. The van der Waals surface area contributed by atoms with Crippen molar-refractivity contribution in [2.45, 2.75) is 32.4 Å². The smallest absolute Gasteiger partial charge is 0.0630 e. The van der Waals surface area contributed by atoms with Crippen LogP contribution in [0.4, 0.5) is 0 Å². The molecule has 1 aliphatic rings. The third-order valence-corrected chi connectivity index (χ3v) is 3.78. The molecule has 1 saturated heterocycles. The molecule has 1 heterocycles. The van der Waals surface area contributed by atoms with Gasteiger partial charge in [0, 0.05) is 38.8 Å². The average Bonchev–Trinajstić information content (AvgIpc) is 2.69. The van der Waals surface area contributed by atoms with Gasteiger partial charge in [0.05, 0.1) is 6.61 Å². The van der Waals surface area contributed by atoms with Gasteiger partial charge in [-0.3, -0.25) is 4.90 Å². The second-order valence-corrected chi connectivity index (χ2v) is 6.03. The first-order chi connectivity index (χ1) is 8.52. The van der Waals surface area contributed by atoms with Gasteiger partial charge in [0.2, 0.25) is 0 Å². The first-order valence-electron chi connectivity index (χ1n) is 7.14. The number of methoxy groups -OCH3 is 1. The quantitative estimate of drug-likeness (QED) is 0.699. The van der Waals surface area contributed by atoms with Crippen LogP contribution in [0.25, 0.3) is 0 Å². The molecular formula is C14H31N3O. The van der Waals surface area contributed by atoms with Crippen molar-refractivity contribution >= 4 is 0 Å². The molecule has 0 aromatic rings. The largest absolute Gasteiger partial charge is 0.383 e. The van der Waals surface area contributed by atoms with Gasteiger partial charge in [-0.2, -0.15) is 0 Å². The van der Waals surface area contributed by atoms with E-state index in [4.69, 9.17) is 4.74 Å². The molecule has 4 heteroatoms. The molecule has 0 amide bonds. The van der Waals surface area contributed by atoms with E-state index in [1.54, 1.807) is 7.11 Å². The summed E-state index contributed by atoms with van der Waals surface area (Å²) in [6.45, 7) is 9.85. The molecule has 1 rings (SSSR count). The summed E-state index contributed by atoms with van der Waals surface area (Å²) in [6.07, 6.45) is 1.33. The second-order valence-electron chi connectivity index (χ2n) is 6.03. The Balaban J connectivity index is 2.35. The van der Waals surface area contributed by atoms with Gasteiger partial charge in [-0.05, 0) is 33.0 Å². The Bertz CT molecular complexity index is 223. The Kier molecular flexibility index (Phi) is 7.15. The van der Waals surface area contributed by atoms with Gasteiger partial charge in [0.15, 0.2) is 0 Å². The summed E-state index contributed by atoms with van der Waals surface area (Å²) in [5.74, 6) is 0.818. The van der Waals surface area contributed by atoms with Crippen molar-refractivity contribution in [3.8, 4) is 0 Å². The summed E-state index contributed by atoms with van der Waals surface area (Å²) in [5, 5.41) is 3.51. The lowest BCUT2D eigenvalue weighted by molar-refractivity contribution is 0.0950. The number of nitrogens with zero attached hydrogens (tertiary/aromatic N) is 2. The van der Waals surface area contributed by atoms with E-state index in [2.05, 4.69) is 43.1 Å². The van der Waals surface area contributed by atoms with Gasteiger partial charge in [-0.15, -0.1) is 0 Å². The number of likely N-dealkylation sites (tertiary alicyclic amines) is 1. The molecule has 2 unspecified atom stereocenters. The molecular weight excluding hydrogens is 226 g/mol.